The molecule has 1 aromatic rings. The summed E-state index contributed by atoms with van der Waals surface area (Å²) in [6.45, 7) is 8.73. The van der Waals surface area contributed by atoms with Crippen LogP contribution in [0.5, 0.6) is 0 Å². The van der Waals surface area contributed by atoms with E-state index < -0.39 is 11.7 Å². The number of anilines is 1. The molecule has 0 bridgehead atoms. The van der Waals surface area contributed by atoms with Gasteiger partial charge in [-0.3, -0.25) is 4.90 Å². The molecule has 0 atom stereocenters. The second-order valence-corrected chi connectivity index (χ2v) is 6.13. The molecule has 1 aliphatic rings. The van der Waals surface area contributed by atoms with Crippen molar-refractivity contribution in [3.8, 4) is 0 Å². The SMILES string of the molecule is CCN(C)CCCN1CCN(c2cccc(C(F)(F)F)c2)CC1. The molecule has 0 spiro atoms. The van der Waals surface area contributed by atoms with Gasteiger partial charge in [0.25, 0.3) is 0 Å². The first-order valence-corrected chi connectivity index (χ1v) is 8.23. The minimum atomic E-state index is -4.27. The minimum absolute atomic E-state index is 0.569. The Bertz CT molecular complexity index is 482. The molecular weight excluding hydrogens is 303 g/mol. The largest absolute Gasteiger partial charge is 0.416 e. The van der Waals surface area contributed by atoms with Crippen molar-refractivity contribution in [2.45, 2.75) is 19.5 Å². The molecule has 0 saturated carbocycles. The first-order valence-electron chi connectivity index (χ1n) is 8.23. The molecule has 0 N–H and O–H groups in total. The van der Waals surface area contributed by atoms with Crippen LogP contribution in [0.15, 0.2) is 24.3 Å². The predicted octanol–water partition coefficient (Wildman–Crippen LogP) is 3.17. The van der Waals surface area contributed by atoms with E-state index in [0.29, 0.717) is 5.69 Å². The number of halogens is 3. The second kappa shape index (κ2) is 8.02. The number of benzene rings is 1. The Morgan fingerprint density at radius 1 is 1.13 bits per heavy atom. The summed E-state index contributed by atoms with van der Waals surface area (Å²) in [7, 11) is 2.12. The number of rotatable bonds is 6. The van der Waals surface area contributed by atoms with E-state index in [1.807, 2.05) is 4.90 Å². The van der Waals surface area contributed by atoms with Gasteiger partial charge in [0.1, 0.15) is 0 Å². The van der Waals surface area contributed by atoms with E-state index in [1.54, 1.807) is 6.07 Å². The number of hydrogen-bond donors (Lipinski definition) is 0. The molecule has 1 heterocycles. The molecular formula is C17H26F3N3. The highest BCUT2D eigenvalue weighted by Crippen LogP contribution is 2.31. The lowest BCUT2D eigenvalue weighted by Gasteiger charge is -2.36. The summed E-state index contributed by atoms with van der Waals surface area (Å²) in [6, 6.07) is 5.64. The third-order valence-corrected chi connectivity index (χ3v) is 4.46. The van der Waals surface area contributed by atoms with Crippen LogP contribution >= 0.6 is 0 Å². The van der Waals surface area contributed by atoms with Crippen LogP contribution in [0.3, 0.4) is 0 Å². The second-order valence-electron chi connectivity index (χ2n) is 6.13. The summed E-state index contributed by atoms with van der Waals surface area (Å²) in [5, 5.41) is 0. The molecule has 1 saturated heterocycles. The fourth-order valence-electron chi connectivity index (χ4n) is 2.83. The van der Waals surface area contributed by atoms with E-state index in [0.717, 1.165) is 58.3 Å². The summed E-state index contributed by atoms with van der Waals surface area (Å²) < 4.78 is 38.4. The standard InChI is InChI=1S/C17H26F3N3/c1-3-21(2)8-5-9-22-10-12-23(13-11-22)16-7-4-6-15(14-16)17(18,19)20/h4,6-7,14H,3,5,8-13H2,1-2H3. The van der Waals surface area contributed by atoms with Gasteiger partial charge in [0.2, 0.25) is 0 Å². The average Bonchev–Trinajstić information content (AvgIpc) is 2.54. The first-order chi connectivity index (χ1) is 10.9. The highest BCUT2D eigenvalue weighted by Gasteiger charge is 2.31. The van der Waals surface area contributed by atoms with Gasteiger partial charge in [-0.05, 0) is 51.3 Å². The van der Waals surface area contributed by atoms with Crippen molar-refractivity contribution in [2.24, 2.45) is 0 Å². The lowest BCUT2D eigenvalue weighted by molar-refractivity contribution is -0.137. The monoisotopic (exact) mass is 329 g/mol. The lowest BCUT2D eigenvalue weighted by atomic mass is 10.1. The van der Waals surface area contributed by atoms with Gasteiger partial charge in [0.05, 0.1) is 5.56 Å². The van der Waals surface area contributed by atoms with Crippen LogP contribution in [0.1, 0.15) is 18.9 Å². The molecule has 3 nitrogen and oxygen atoms in total. The molecule has 0 amide bonds. The number of alkyl halides is 3. The van der Waals surface area contributed by atoms with Crippen molar-refractivity contribution in [3.05, 3.63) is 29.8 Å². The Morgan fingerprint density at radius 2 is 1.83 bits per heavy atom. The van der Waals surface area contributed by atoms with Crippen molar-refractivity contribution in [2.75, 3.05) is 57.8 Å². The fourth-order valence-corrected chi connectivity index (χ4v) is 2.83. The van der Waals surface area contributed by atoms with Crippen LogP contribution in [-0.4, -0.2) is 62.7 Å². The van der Waals surface area contributed by atoms with E-state index >= 15 is 0 Å². The summed E-state index contributed by atoms with van der Waals surface area (Å²) in [4.78, 5) is 6.73. The highest BCUT2D eigenvalue weighted by molar-refractivity contribution is 5.49. The Kier molecular flexibility index (Phi) is 6.30. The van der Waals surface area contributed by atoms with Gasteiger partial charge in [-0.25, -0.2) is 0 Å². The topological polar surface area (TPSA) is 9.72 Å². The van der Waals surface area contributed by atoms with E-state index in [4.69, 9.17) is 0 Å². The van der Waals surface area contributed by atoms with Crippen LogP contribution in [-0.2, 0) is 6.18 Å². The fraction of sp³-hybridized carbons (Fsp3) is 0.647. The van der Waals surface area contributed by atoms with E-state index in [2.05, 4.69) is 23.8 Å². The molecule has 0 radical (unpaired) electrons. The predicted molar refractivity (Wildman–Crippen MR) is 87.9 cm³/mol. The molecule has 1 aromatic carbocycles. The molecule has 130 valence electrons. The van der Waals surface area contributed by atoms with Crippen LogP contribution < -0.4 is 4.90 Å². The van der Waals surface area contributed by atoms with Gasteiger partial charge in [-0.15, -0.1) is 0 Å². The van der Waals surface area contributed by atoms with Crippen molar-refractivity contribution in [1.29, 1.82) is 0 Å². The Labute approximate surface area is 136 Å². The molecule has 0 unspecified atom stereocenters. The third kappa shape index (κ3) is 5.39. The Morgan fingerprint density at radius 3 is 2.43 bits per heavy atom. The van der Waals surface area contributed by atoms with E-state index in [9.17, 15) is 13.2 Å². The average molecular weight is 329 g/mol. The molecule has 1 aliphatic heterocycles. The van der Waals surface area contributed by atoms with E-state index in [-0.39, 0.29) is 0 Å². The van der Waals surface area contributed by atoms with Crippen molar-refractivity contribution < 1.29 is 13.2 Å². The highest BCUT2D eigenvalue weighted by atomic mass is 19.4. The van der Waals surface area contributed by atoms with Crippen LogP contribution in [0.25, 0.3) is 0 Å². The minimum Gasteiger partial charge on any atom is -0.369 e. The molecule has 2 rings (SSSR count). The number of nitrogens with zero attached hydrogens (tertiary/aromatic N) is 3. The van der Waals surface area contributed by atoms with Crippen molar-refractivity contribution in [3.63, 3.8) is 0 Å². The smallest absolute Gasteiger partial charge is 0.369 e. The zero-order chi connectivity index (χ0) is 16.9. The molecule has 1 fully saturated rings. The van der Waals surface area contributed by atoms with E-state index in [1.165, 1.54) is 12.1 Å². The molecule has 6 heteroatoms. The summed E-state index contributed by atoms with van der Waals surface area (Å²) >= 11 is 0. The quantitative estimate of drug-likeness (QED) is 0.794. The maximum Gasteiger partial charge on any atom is 0.416 e. The third-order valence-electron chi connectivity index (χ3n) is 4.46. The van der Waals surface area contributed by atoms with Crippen LogP contribution in [0, 0.1) is 0 Å². The number of piperazine rings is 1. The summed E-state index contributed by atoms with van der Waals surface area (Å²) in [5.74, 6) is 0. The van der Waals surface area contributed by atoms with Gasteiger partial charge in [-0.1, -0.05) is 13.0 Å². The molecule has 0 aliphatic carbocycles. The van der Waals surface area contributed by atoms with Gasteiger partial charge >= 0.3 is 6.18 Å². The normalized spacial score (nSPS) is 17.0. The summed E-state index contributed by atoms with van der Waals surface area (Å²) in [5.41, 5.74) is 0.102. The van der Waals surface area contributed by atoms with Gasteiger partial charge in [0.15, 0.2) is 0 Å². The maximum absolute atomic E-state index is 12.8. The zero-order valence-electron chi connectivity index (χ0n) is 13.9. The molecule has 0 aromatic heterocycles. The Balaban J connectivity index is 1.83. The lowest BCUT2D eigenvalue weighted by Crippen LogP contribution is -2.47. The van der Waals surface area contributed by atoms with Crippen molar-refractivity contribution in [1.82, 2.24) is 9.80 Å². The van der Waals surface area contributed by atoms with Gasteiger partial charge in [-0.2, -0.15) is 13.2 Å². The Hall–Kier alpha value is -1.27. The van der Waals surface area contributed by atoms with Crippen molar-refractivity contribution >= 4 is 5.69 Å². The number of hydrogen-bond acceptors (Lipinski definition) is 3. The zero-order valence-corrected chi connectivity index (χ0v) is 13.9. The van der Waals surface area contributed by atoms with Crippen LogP contribution in [0.4, 0.5) is 18.9 Å². The van der Waals surface area contributed by atoms with Crippen LogP contribution in [0.2, 0.25) is 0 Å². The van der Waals surface area contributed by atoms with Gasteiger partial charge in [0, 0.05) is 31.9 Å². The summed E-state index contributed by atoms with van der Waals surface area (Å²) in [6.07, 6.45) is -3.14. The van der Waals surface area contributed by atoms with Gasteiger partial charge < -0.3 is 9.80 Å². The first kappa shape index (κ1) is 18.1. The molecule has 23 heavy (non-hydrogen) atoms. The maximum atomic E-state index is 12.8.